The second kappa shape index (κ2) is 8.63. The molecule has 0 aliphatic heterocycles. The molecule has 0 saturated heterocycles. The lowest BCUT2D eigenvalue weighted by Gasteiger charge is -2.24. The molecular weight excluding hydrogens is 380 g/mol. The van der Waals surface area contributed by atoms with E-state index in [4.69, 9.17) is 0 Å². The van der Waals surface area contributed by atoms with Crippen molar-refractivity contribution in [3.05, 3.63) is 29.8 Å². The zero-order valence-electron chi connectivity index (χ0n) is 14.2. The summed E-state index contributed by atoms with van der Waals surface area (Å²) < 4.78 is 26.3. The number of aryl methyl sites for hydroxylation is 1. The van der Waals surface area contributed by atoms with Gasteiger partial charge in [-0.05, 0) is 31.2 Å². The first-order valence-corrected chi connectivity index (χ1v) is 11.4. The Bertz CT molecular complexity index is 836. The van der Waals surface area contributed by atoms with E-state index in [9.17, 15) is 13.2 Å². The molecule has 0 aliphatic rings. The number of anilines is 2. The Morgan fingerprint density at radius 2 is 2.04 bits per heavy atom. The molecule has 0 spiro atoms. The normalized spacial score (nSPS) is 11.3. The van der Waals surface area contributed by atoms with Gasteiger partial charge in [0.2, 0.25) is 21.1 Å². The van der Waals surface area contributed by atoms with Crippen LogP contribution in [0.1, 0.15) is 18.4 Å². The molecule has 2 aromatic rings. The number of nitrogens with one attached hydrogen (secondary N) is 1. The molecular formula is C15H20N4O3S3. The molecule has 1 aromatic heterocycles. The van der Waals surface area contributed by atoms with E-state index in [-0.39, 0.29) is 18.9 Å². The quantitative estimate of drug-likeness (QED) is 0.541. The van der Waals surface area contributed by atoms with Crippen LogP contribution in [0.15, 0.2) is 28.6 Å². The largest absolute Gasteiger partial charge is 0.301 e. The molecule has 1 heterocycles. The number of carbonyl (C=O) groups excluding carboxylic acids is 1. The summed E-state index contributed by atoms with van der Waals surface area (Å²) in [6.07, 6.45) is 3.66. The van der Waals surface area contributed by atoms with E-state index in [2.05, 4.69) is 15.5 Å². The summed E-state index contributed by atoms with van der Waals surface area (Å²) in [6, 6.07) is 7.28. The predicted molar refractivity (Wildman–Crippen MR) is 103 cm³/mol. The van der Waals surface area contributed by atoms with Crippen molar-refractivity contribution in [1.82, 2.24) is 10.2 Å². The van der Waals surface area contributed by atoms with Crippen LogP contribution in [0.3, 0.4) is 0 Å². The molecule has 2 rings (SSSR count). The van der Waals surface area contributed by atoms with Gasteiger partial charge in [0, 0.05) is 13.0 Å². The van der Waals surface area contributed by atoms with Gasteiger partial charge in [-0.25, -0.2) is 8.42 Å². The lowest BCUT2D eigenvalue weighted by atomic mass is 10.2. The van der Waals surface area contributed by atoms with Crippen molar-refractivity contribution >= 4 is 49.8 Å². The molecule has 136 valence electrons. The highest BCUT2D eigenvalue weighted by molar-refractivity contribution is 8.00. The number of benzene rings is 1. The topological polar surface area (TPSA) is 92.3 Å². The molecule has 1 aromatic carbocycles. The van der Waals surface area contributed by atoms with Gasteiger partial charge in [-0.15, -0.1) is 10.2 Å². The smallest absolute Gasteiger partial charge is 0.232 e. The summed E-state index contributed by atoms with van der Waals surface area (Å²) in [5.74, 6) is -0.206. The first-order chi connectivity index (χ1) is 11.8. The third kappa shape index (κ3) is 5.68. The highest BCUT2D eigenvalue weighted by atomic mass is 32.2. The van der Waals surface area contributed by atoms with Crippen molar-refractivity contribution in [2.45, 2.75) is 24.1 Å². The SMILES string of the molecule is CSc1nnc(NC(=O)CCCN(c2ccccc2C)S(C)(=O)=O)s1. The third-order valence-electron chi connectivity index (χ3n) is 3.38. The number of sulfonamides is 1. The number of amides is 1. The van der Waals surface area contributed by atoms with E-state index < -0.39 is 10.0 Å². The minimum Gasteiger partial charge on any atom is -0.301 e. The van der Waals surface area contributed by atoms with Gasteiger partial charge in [0.05, 0.1) is 11.9 Å². The van der Waals surface area contributed by atoms with Gasteiger partial charge < -0.3 is 5.32 Å². The van der Waals surface area contributed by atoms with Crippen molar-refractivity contribution in [2.24, 2.45) is 0 Å². The van der Waals surface area contributed by atoms with Gasteiger partial charge in [0.25, 0.3) is 0 Å². The maximum absolute atomic E-state index is 12.1. The minimum absolute atomic E-state index is 0.200. The van der Waals surface area contributed by atoms with Crippen LogP contribution in [0.5, 0.6) is 0 Å². The van der Waals surface area contributed by atoms with Crippen LogP contribution >= 0.6 is 23.1 Å². The number of rotatable bonds is 8. The van der Waals surface area contributed by atoms with E-state index in [1.807, 2.05) is 25.3 Å². The van der Waals surface area contributed by atoms with Crippen molar-refractivity contribution in [1.29, 1.82) is 0 Å². The molecule has 7 nitrogen and oxygen atoms in total. The third-order valence-corrected chi connectivity index (χ3v) is 6.37. The molecule has 0 bridgehead atoms. The predicted octanol–water partition coefficient (Wildman–Crippen LogP) is 2.75. The summed E-state index contributed by atoms with van der Waals surface area (Å²) in [4.78, 5) is 12.0. The average molecular weight is 401 g/mol. The van der Waals surface area contributed by atoms with Gasteiger partial charge >= 0.3 is 0 Å². The fraction of sp³-hybridized carbons (Fsp3) is 0.400. The Hall–Kier alpha value is -1.65. The van der Waals surface area contributed by atoms with Crippen molar-refractivity contribution in [2.75, 3.05) is 28.7 Å². The first-order valence-electron chi connectivity index (χ1n) is 7.52. The van der Waals surface area contributed by atoms with Crippen molar-refractivity contribution in [3.63, 3.8) is 0 Å². The van der Waals surface area contributed by atoms with Gasteiger partial charge in [-0.3, -0.25) is 9.10 Å². The van der Waals surface area contributed by atoms with E-state index in [1.54, 1.807) is 12.1 Å². The standard InChI is InChI=1S/C15H20N4O3S3/c1-11-7-4-5-8-12(11)19(25(3,21)22)10-6-9-13(20)16-14-17-18-15(23-2)24-14/h4-5,7-8H,6,9-10H2,1-3H3,(H,16,17,20). The Kier molecular flexibility index (Phi) is 6.79. The Labute approximate surface area is 155 Å². The van der Waals surface area contributed by atoms with E-state index in [1.165, 1.54) is 33.7 Å². The average Bonchev–Trinajstić information content (AvgIpc) is 2.99. The van der Waals surface area contributed by atoms with Crippen LogP contribution in [-0.2, 0) is 14.8 Å². The van der Waals surface area contributed by atoms with Crippen molar-refractivity contribution in [3.8, 4) is 0 Å². The highest BCUT2D eigenvalue weighted by Crippen LogP contribution is 2.24. The Morgan fingerprint density at radius 3 is 2.64 bits per heavy atom. The van der Waals surface area contributed by atoms with Crippen LogP contribution in [-0.4, -0.2) is 43.6 Å². The Balaban J connectivity index is 1.95. The molecule has 1 N–H and O–H groups in total. The number of nitrogens with zero attached hydrogens (tertiary/aromatic N) is 3. The number of aromatic nitrogens is 2. The molecule has 1 amide bonds. The number of para-hydroxylation sites is 1. The summed E-state index contributed by atoms with van der Waals surface area (Å²) in [5.41, 5.74) is 1.51. The van der Waals surface area contributed by atoms with E-state index in [0.717, 1.165) is 9.90 Å². The number of thioether (sulfide) groups is 1. The van der Waals surface area contributed by atoms with Crippen LogP contribution in [0.4, 0.5) is 10.8 Å². The van der Waals surface area contributed by atoms with Crippen LogP contribution in [0.25, 0.3) is 0 Å². The fourth-order valence-corrected chi connectivity index (χ4v) is 4.43. The van der Waals surface area contributed by atoms with Crippen LogP contribution < -0.4 is 9.62 Å². The van der Waals surface area contributed by atoms with Gasteiger partial charge in [-0.1, -0.05) is 41.3 Å². The summed E-state index contributed by atoms with van der Waals surface area (Å²) in [6.45, 7) is 2.10. The van der Waals surface area contributed by atoms with Gasteiger partial charge in [-0.2, -0.15) is 0 Å². The molecule has 0 fully saturated rings. The second-order valence-corrected chi connectivity index (χ2v) is 9.29. The van der Waals surface area contributed by atoms with Crippen LogP contribution in [0, 0.1) is 6.92 Å². The Morgan fingerprint density at radius 1 is 1.32 bits per heavy atom. The molecule has 10 heteroatoms. The van der Waals surface area contributed by atoms with Gasteiger partial charge in [0.15, 0.2) is 4.34 Å². The zero-order chi connectivity index (χ0) is 18.4. The molecule has 0 radical (unpaired) electrons. The second-order valence-electron chi connectivity index (χ2n) is 5.35. The zero-order valence-corrected chi connectivity index (χ0v) is 16.7. The number of carbonyl (C=O) groups is 1. The highest BCUT2D eigenvalue weighted by Gasteiger charge is 2.19. The lowest BCUT2D eigenvalue weighted by Crippen LogP contribution is -2.32. The minimum atomic E-state index is -3.42. The van der Waals surface area contributed by atoms with Crippen molar-refractivity contribution < 1.29 is 13.2 Å². The molecule has 25 heavy (non-hydrogen) atoms. The fourth-order valence-electron chi connectivity index (χ4n) is 2.22. The molecule has 0 unspecified atom stereocenters. The molecule has 0 atom stereocenters. The summed E-state index contributed by atoms with van der Waals surface area (Å²) >= 11 is 2.77. The molecule has 0 aliphatic carbocycles. The first kappa shape index (κ1) is 19.7. The lowest BCUT2D eigenvalue weighted by molar-refractivity contribution is -0.116. The maximum Gasteiger partial charge on any atom is 0.232 e. The monoisotopic (exact) mass is 400 g/mol. The number of hydrogen-bond donors (Lipinski definition) is 1. The molecule has 0 saturated carbocycles. The summed E-state index contributed by atoms with van der Waals surface area (Å²) in [5, 5.41) is 10.9. The summed E-state index contributed by atoms with van der Waals surface area (Å²) in [7, 11) is -3.42. The van der Waals surface area contributed by atoms with Crippen LogP contribution in [0.2, 0.25) is 0 Å². The van der Waals surface area contributed by atoms with E-state index >= 15 is 0 Å². The number of hydrogen-bond acceptors (Lipinski definition) is 7. The van der Waals surface area contributed by atoms with E-state index in [0.29, 0.717) is 17.2 Å². The maximum atomic E-state index is 12.1. The van der Waals surface area contributed by atoms with Gasteiger partial charge in [0.1, 0.15) is 0 Å².